The molecule has 9 heavy (non-hydrogen) atoms. The van der Waals surface area contributed by atoms with Crippen molar-refractivity contribution in [3.63, 3.8) is 0 Å². The zero-order chi connectivity index (χ0) is 6.70. The van der Waals surface area contributed by atoms with E-state index in [2.05, 4.69) is 0 Å². The minimum absolute atomic E-state index is 0.0162. The molecule has 2 atom stereocenters. The fourth-order valence-electron chi connectivity index (χ4n) is 1.35. The van der Waals surface area contributed by atoms with Crippen LogP contribution in [0, 0.1) is 0 Å². The van der Waals surface area contributed by atoms with Crippen LogP contribution in [0.3, 0.4) is 0 Å². The van der Waals surface area contributed by atoms with Crippen LogP contribution in [0.25, 0.3) is 0 Å². The summed E-state index contributed by atoms with van der Waals surface area (Å²) >= 11 is 0. The van der Waals surface area contributed by atoms with Gasteiger partial charge in [-0.1, -0.05) is 0 Å². The third kappa shape index (κ3) is 0.697. The highest BCUT2D eigenvalue weighted by molar-refractivity contribution is 7.91. The van der Waals surface area contributed by atoms with Crippen LogP contribution in [0.4, 0.5) is 0 Å². The van der Waals surface area contributed by atoms with E-state index < -0.39 is 9.84 Å². The molecule has 0 N–H and O–H groups in total. The Balaban J connectivity index is 2.33. The number of hydrogen-bond donors (Lipinski definition) is 0. The Morgan fingerprint density at radius 3 is 2.56 bits per heavy atom. The van der Waals surface area contributed by atoms with E-state index in [-0.39, 0.29) is 23.2 Å². The van der Waals surface area contributed by atoms with Crippen molar-refractivity contribution in [2.45, 2.75) is 18.6 Å². The molecule has 3 nitrogen and oxygen atoms in total. The molecule has 0 aromatic rings. The molecule has 2 aliphatic heterocycles. The van der Waals surface area contributed by atoms with E-state index in [4.69, 9.17) is 4.74 Å². The van der Waals surface area contributed by atoms with Crippen molar-refractivity contribution in [1.82, 2.24) is 0 Å². The summed E-state index contributed by atoms with van der Waals surface area (Å²) in [7, 11) is -2.73. The molecule has 52 valence electrons. The van der Waals surface area contributed by atoms with E-state index in [1.807, 2.05) is 6.92 Å². The van der Waals surface area contributed by atoms with Gasteiger partial charge in [0, 0.05) is 0 Å². The first-order valence-electron chi connectivity index (χ1n) is 2.90. The lowest BCUT2D eigenvalue weighted by Crippen LogP contribution is -2.14. The lowest BCUT2D eigenvalue weighted by atomic mass is 10.2. The average molecular weight is 148 g/mol. The molecule has 0 radical (unpaired) electrons. The summed E-state index contributed by atoms with van der Waals surface area (Å²) in [6.07, 6.45) is 0.0162. The predicted octanol–water partition coefficient (Wildman–Crippen LogP) is -0.428. The van der Waals surface area contributed by atoms with Crippen LogP contribution < -0.4 is 0 Å². The summed E-state index contributed by atoms with van der Waals surface area (Å²) in [4.78, 5) is 0. The summed E-state index contributed by atoms with van der Waals surface area (Å²) in [6.45, 7) is 1.85. The van der Waals surface area contributed by atoms with Crippen molar-refractivity contribution in [1.29, 1.82) is 0 Å². The number of rotatable bonds is 0. The van der Waals surface area contributed by atoms with Gasteiger partial charge in [-0.25, -0.2) is 8.42 Å². The van der Waals surface area contributed by atoms with Crippen molar-refractivity contribution in [2.24, 2.45) is 0 Å². The van der Waals surface area contributed by atoms with Gasteiger partial charge in [-0.15, -0.1) is 0 Å². The molecule has 0 aliphatic carbocycles. The van der Waals surface area contributed by atoms with Gasteiger partial charge < -0.3 is 4.74 Å². The van der Waals surface area contributed by atoms with Gasteiger partial charge in [-0.2, -0.15) is 0 Å². The monoisotopic (exact) mass is 148 g/mol. The van der Waals surface area contributed by atoms with E-state index in [0.717, 1.165) is 0 Å². The number of ether oxygens (including phenoxy) is 1. The largest absolute Gasteiger partial charge is 0.364 e. The first kappa shape index (κ1) is 5.68. The fourth-order valence-corrected chi connectivity index (χ4v) is 3.48. The predicted molar refractivity (Wildman–Crippen MR) is 31.9 cm³/mol. The van der Waals surface area contributed by atoms with Crippen molar-refractivity contribution in [2.75, 3.05) is 11.5 Å². The standard InChI is InChI=1S/C5H8O3S/c1-5-3-9(6,7)2-4(5)8-5/h4H,2-3H2,1H3/t4-,5-/m1/s1. The molecule has 0 amide bonds. The Morgan fingerprint density at radius 2 is 2.33 bits per heavy atom. The van der Waals surface area contributed by atoms with E-state index in [1.165, 1.54) is 0 Å². The number of hydrogen-bond acceptors (Lipinski definition) is 3. The minimum atomic E-state index is -2.73. The van der Waals surface area contributed by atoms with E-state index in [1.54, 1.807) is 0 Å². The molecule has 2 fully saturated rings. The average Bonchev–Trinajstić information content (AvgIpc) is 2.03. The van der Waals surface area contributed by atoms with Crippen molar-refractivity contribution in [3.8, 4) is 0 Å². The second kappa shape index (κ2) is 1.18. The van der Waals surface area contributed by atoms with Gasteiger partial charge in [0.2, 0.25) is 0 Å². The lowest BCUT2D eigenvalue weighted by molar-refractivity contribution is 0.322. The summed E-state index contributed by atoms with van der Waals surface area (Å²) in [5, 5.41) is 0. The van der Waals surface area contributed by atoms with Gasteiger partial charge in [0.05, 0.1) is 11.5 Å². The third-order valence-corrected chi connectivity index (χ3v) is 3.77. The Bertz CT molecular complexity index is 243. The molecular formula is C5H8O3S. The summed E-state index contributed by atoms with van der Waals surface area (Å²) < 4.78 is 26.7. The minimum Gasteiger partial charge on any atom is -0.364 e. The molecule has 0 aromatic carbocycles. The fraction of sp³-hybridized carbons (Fsp3) is 1.00. The molecule has 4 heteroatoms. The number of sulfone groups is 1. The van der Waals surface area contributed by atoms with E-state index in [9.17, 15) is 8.42 Å². The molecule has 0 saturated carbocycles. The second-order valence-corrected chi connectivity index (χ2v) is 5.08. The topological polar surface area (TPSA) is 46.7 Å². The molecule has 2 heterocycles. The molecule has 0 spiro atoms. The lowest BCUT2D eigenvalue weighted by Gasteiger charge is -1.96. The SMILES string of the molecule is C[C@@]12CS(=O)(=O)C[C@H]1O2. The Hall–Kier alpha value is -0.0900. The molecule has 0 aromatic heterocycles. The van der Waals surface area contributed by atoms with Crippen LogP contribution in [0.5, 0.6) is 0 Å². The highest BCUT2D eigenvalue weighted by Crippen LogP contribution is 2.43. The molecule has 2 saturated heterocycles. The maximum Gasteiger partial charge on any atom is 0.155 e. The number of epoxide rings is 1. The van der Waals surface area contributed by atoms with E-state index >= 15 is 0 Å². The Morgan fingerprint density at radius 1 is 1.67 bits per heavy atom. The summed E-state index contributed by atoms with van der Waals surface area (Å²) in [5.41, 5.74) is -0.293. The Kier molecular flexibility index (Phi) is 0.743. The van der Waals surface area contributed by atoms with Crippen LogP contribution in [0.1, 0.15) is 6.92 Å². The quantitative estimate of drug-likeness (QED) is 0.438. The van der Waals surface area contributed by atoms with Crippen LogP contribution in [-0.2, 0) is 14.6 Å². The first-order valence-corrected chi connectivity index (χ1v) is 4.72. The second-order valence-electron chi connectivity index (χ2n) is 2.97. The van der Waals surface area contributed by atoms with Crippen LogP contribution in [-0.4, -0.2) is 31.6 Å². The van der Waals surface area contributed by atoms with E-state index in [0.29, 0.717) is 0 Å². The zero-order valence-corrected chi connectivity index (χ0v) is 5.94. The van der Waals surface area contributed by atoms with Gasteiger partial charge in [-0.05, 0) is 6.92 Å². The van der Waals surface area contributed by atoms with Gasteiger partial charge in [-0.3, -0.25) is 0 Å². The zero-order valence-electron chi connectivity index (χ0n) is 5.12. The third-order valence-electron chi connectivity index (χ3n) is 1.95. The molecule has 0 unspecified atom stereocenters. The van der Waals surface area contributed by atoms with Gasteiger partial charge >= 0.3 is 0 Å². The highest BCUT2D eigenvalue weighted by Gasteiger charge is 2.61. The maximum atomic E-state index is 10.8. The number of fused-ring (bicyclic) bond motifs is 1. The molecule has 0 bridgehead atoms. The molecule has 2 aliphatic rings. The van der Waals surface area contributed by atoms with Crippen LogP contribution in [0.2, 0.25) is 0 Å². The normalized spacial score (nSPS) is 52.8. The first-order chi connectivity index (χ1) is 4.02. The molecular weight excluding hydrogens is 140 g/mol. The van der Waals surface area contributed by atoms with Crippen LogP contribution >= 0.6 is 0 Å². The van der Waals surface area contributed by atoms with Gasteiger partial charge in [0.15, 0.2) is 9.84 Å². The Labute approximate surface area is 53.9 Å². The summed E-state index contributed by atoms with van der Waals surface area (Å²) in [6, 6.07) is 0. The smallest absolute Gasteiger partial charge is 0.155 e. The van der Waals surface area contributed by atoms with Crippen LogP contribution in [0.15, 0.2) is 0 Å². The van der Waals surface area contributed by atoms with Crippen molar-refractivity contribution < 1.29 is 13.2 Å². The van der Waals surface area contributed by atoms with Gasteiger partial charge in [0.1, 0.15) is 11.7 Å². The van der Waals surface area contributed by atoms with Crippen molar-refractivity contribution >= 4 is 9.84 Å². The maximum absolute atomic E-state index is 10.8. The summed E-state index contributed by atoms with van der Waals surface area (Å²) in [5.74, 6) is 0.466. The molecule has 2 rings (SSSR count). The van der Waals surface area contributed by atoms with Gasteiger partial charge in [0.25, 0.3) is 0 Å². The van der Waals surface area contributed by atoms with Crippen molar-refractivity contribution in [3.05, 3.63) is 0 Å². The highest BCUT2D eigenvalue weighted by atomic mass is 32.2.